The van der Waals surface area contributed by atoms with Gasteiger partial charge in [0, 0.05) is 0 Å². The molecule has 7 nitrogen and oxygen atoms in total. The molecule has 2 aliphatic rings. The van der Waals surface area contributed by atoms with Gasteiger partial charge in [0.2, 0.25) is 0 Å². The molecule has 20 rings (SSSR count). The molecule has 3 aromatic heterocycles. The van der Waals surface area contributed by atoms with Crippen LogP contribution in [-0.2, 0) is 0 Å². The van der Waals surface area contributed by atoms with E-state index in [1.165, 1.54) is 76.3 Å². The SMILES string of the molecule is c1ccc(N(c2ccccc2)c2ccc3c(c2)c2cc(N(c4ccccc4)c4ccccc4)ccc2n3-c2cc3[c]4c(c2)N(c2ccccc2)c2cc(-n5c6ccccc6c6ccccc65)cc[c]2[In]4[c]2ccc(-n4c5ccccc5c5ccccc54)cc2N3c2ccccc2)cc1. The van der Waals surface area contributed by atoms with Gasteiger partial charge in [0.1, 0.15) is 0 Å². The first kappa shape index (κ1) is 56.1. The number of benzene rings is 15. The summed E-state index contributed by atoms with van der Waals surface area (Å²) in [6.45, 7) is 0. The van der Waals surface area contributed by atoms with Crippen LogP contribution in [0.3, 0.4) is 0 Å². The van der Waals surface area contributed by atoms with Crippen molar-refractivity contribution in [2.24, 2.45) is 0 Å². The van der Waals surface area contributed by atoms with Crippen molar-refractivity contribution in [3.8, 4) is 17.1 Å². The molecule has 8 heteroatoms. The molecule has 458 valence electrons. The van der Waals surface area contributed by atoms with Crippen molar-refractivity contribution >= 4 is 165 Å². The standard InChI is InChI=1S/C90H60N7.In/c1-7-29-64(30-8-1)91(65-31-9-2-10-32-65)74-53-55-89-83(62-74)84-63-75(92(66-33-11-3-12-34-66)67-35-13-4-14-36-67)54-56-90(84)97(89)78-60-76(93(68-37-15-5-16-38-68)70-41-27-43-72(57-70)95-85-49-23-19-45-79(85)80-46-20-24-50-86(80)95)59-77(61-78)94(69-39-17-6-18-40-69)71-42-28-44-73(58-71)96-87-51-25-21-47-81(87)82-48-22-26-52-88(82)96;/h1-40,43-58,60-63H;. The second kappa shape index (κ2) is 22.7. The number of fused-ring (bicyclic) bond motifs is 13. The summed E-state index contributed by atoms with van der Waals surface area (Å²) in [6, 6.07) is 135. The fourth-order valence-electron chi connectivity index (χ4n) is 16.2. The average Bonchev–Trinajstić information content (AvgIpc) is 0.784. The van der Waals surface area contributed by atoms with Gasteiger partial charge in [0.25, 0.3) is 0 Å². The van der Waals surface area contributed by atoms with E-state index in [1.54, 1.807) is 0 Å². The van der Waals surface area contributed by atoms with E-state index in [4.69, 9.17) is 0 Å². The summed E-state index contributed by atoms with van der Waals surface area (Å²) in [5, 5.41) is 7.25. The van der Waals surface area contributed by atoms with E-state index in [-0.39, 0.29) is 0 Å². The second-order valence-electron chi connectivity index (χ2n) is 25.6. The van der Waals surface area contributed by atoms with E-state index >= 15 is 0 Å². The Morgan fingerprint density at radius 2 is 0.480 bits per heavy atom. The van der Waals surface area contributed by atoms with Crippen molar-refractivity contribution in [1.29, 1.82) is 0 Å². The Morgan fingerprint density at radius 1 is 0.194 bits per heavy atom. The summed E-state index contributed by atoms with van der Waals surface area (Å²) < 4.78 is 11.9. The fourth-order valence-corrected chi connectivity index (χ4v) is 26.4. The van der Waals surface area contributed by atoms with Gasteiger partial charge in [-0.05, 0) is 0 Å². The Balaban J connectivity index is 0.897. The van der Waals surface area contributed by atoms with Gasteiger partial charge in [0.15, 0.2) is 0 Å². The van der Waals surface area contributed by atoms with Crippen LogP contribution in [0.15, 0.2) is 364 Å². The van der Waals surface area contributed by atoms with Crippen LogP contribution < -0.4 is 29.6 Å². The van der Waals surface area contributed by atoms with Gasteiger partial charge in [-0.25, -0.2) is 0 Å². The first-order chi connectivity index (χ1) is 48.7. The van der Waals surface area contributed by atoms with Gasteiger partial charge < -0.3 is 0 Å². The van der Waals surface area contributed by atoms with Crippen molar-refractivity contribution in [2.75, 3.05) is 19.6 Å². The van der Waals surface area contributed by atoms with Crippen LogP contribution in [0.25, 0.3) is 82.5 Å². The maximum absolute atomic E-state index is 3.61. The zero-order valence-corrected chi connectivity index (χ0v) is 56.6. The van der Waals surface area contributed by atoms with Crippen molar-refractivity contribution in [3.05, 3.63) is 364 Å². The molecule has 5 heterocycles. The van der Waals surface area contributed by atoms with E-state index in [2.05, 4.69) is 397 Å². The van der Waals surface area contributed by atoms with Crippen LogP contribution in [0, 0.1) is 0 Å². The Hall–Kier alpha value is -12.2. The normalized spacial score (nSPS) is 12.4. The van der Waals surface area contributed by atoms with Gasteiger partial charge in [0.05, 0.1) is 0 Å². The minimum Gasteiger partial charge on any atom is -0.0602 e. The van der Waals surface area contributed by atoms with E-state index < -0.39 is 21.4 Å². The number of nitrogens with zero attached hydrogens (tertiary/aromatic N) is 7. The molecule has 0 unspecified atom stereocenters. The summed E-state index contributed by atoms with van der Waals surface area (Å²) in [5.74, 6) is 0. The van der Waals surface area contributed by atoms with Gasteiger partial charge in [-0.15, -0.1) is 0 Å². The summed E-state index contributed by atoms with van der Waals surface area (Å²) in [5.41, 5.74) is 23.8. The molecule has 0 amide bonds. The molecule has 2 aliphatic heterocycles. The predicted molar refractivity (Wildman–Crippen MR) is 413 cm³/mol. The van der Waals surface area contributed by atoms with Crippen LogP contribution in [-0.4, -0.2) is 35.1 Å². The van der Waals surface area contributed by atoms with Crippen molar-refractivity contribution in [3.63, 3.8) is 0 Å². The Kier molecular flexibility index (Phi) is 13.0. The number of hydrogen-bond donors (Lipinski definition) is 0. The summed E-state index contributed by atoms with van der Waals surface area (Å²) in [6.07, 6.45) is 0. The number of anilines is 12. The zero-order chi connectivity index (χ0) is 64.4. The third kappa shape index (κ3) is 8.77. The molecule has 0 spiro atoms. The molecule has 0 aliphatic carbocycles. The Bertz CT molecular complexity index is 5590. The summed E-state index contributed by atoms with van der Waals surface area (Å²) in [4.78, 5) is 9.99. The molecule has 0 saturated carbocycles. The van der Waals surface area contributed by atoms with Crippen LogP contribution in [0.1, 0.15) is 0 Å². The smallest absolute Gasteiger partial charge is 0.0602 e. The quantitative estimate of drug-likeness (QED) is 0.129. The molecule has 0 fully saturated rings. The van der Waals surface area contributed by atoms with E-state index in [9.17, 15) is 0 Å². The number of para-hydroxylation sites is 10. The van der Waals surface area contributed by atoms with Gasteiger partial charge >= 0.3 is 507 Å². The van der Waals surface area contributed by atoms with Gasteiger partial charge in [-0.3, -0.25) is 0 Å². The van der Waals surface area contributed by atoms with Crippen molar-refractivity contribution < 1.29 is 0 Å². The molecule has 0 saturated heterocycles. The average molecular weight is 1350 g/mol. The summed E-state index contributed by atoms with van der Waals surface area (Å²) >= 11 is -3.61. The maximum atomic E-state index is 2.61. The molecule has 0 radical (unpaired) electrons. The van der Waals surface area contributed by atoms with Crippen LogP contribution >= 0.6 is 0 Å². The molecule has 98 heavy (non-hydrogen) atoms. The molecule has 0 atom stereocenters. The van der Waals surface area contributed by atoms with E-state index in [1.807, 2.05) is 0 Å². The molecule has 0 bridgehead atoms. The number of aromatic nitrogens is 3. The van der Waals surface area contributed by atoms with Crippen molar-refractivity contribution in [2.45, 2.75) is 0 Å². The Labute approximate surface area is 575 Å². The Morgan fingerprint density at radius 3 is 0.827 bits per heavy atom. The van der Waals surface area contributed by atoms with Gasteiger partial charge in [-0.2, -0.15) is 0 Å². The fraction of sp³-hybridized carbons (Fsp3) is 0. The zero-order valence-electron chi connectivity index (χ0n) is 53.3. The molecule has 15 aromatic carbocycles. The predicted octanol–water partition coefficient (Wildman–Crippen LogP) is 22.0. The molecule has 0 N–H and O–H groups in total. The van der Waals surface area contributed by atoms with Crippen LogP contribution in [0.5, 0.6) is 0 Å². The molecule has 18 aromatic rings. The monoisotopic (exact) mass is 1350 g/mol. The minimum absolute atomic E-state index is 1.07. The number of rotatable bonds is 11. The molecular weight excluding hydrogens is 1290 g/mol. The van der Waals surface area contributed by atoms with Crippen LogP contribution in [0.4, 0.5) is 68.2 Å². The number of hydrogen-bond acceptors (Lipinski definition) is 4. The third-order valence-electron chi connectivity index (χ3n) is 20.3. The first-order valence-corrected chi connectivity index (χ1v) is 38.6. The van der Waals surface area contributed by atoms with Gasteiger partial charge in [-0.1, -0.05) is 72.8 Å². The van der Waals surface area contributed by atoms with E-state index in [0.717, 1.165) is 84.4 Å². The molecular formula is C90H60InN7. The third-order valence-corrected chi connectivity index (χ3v) is 30.0. The van der Waals surface area contributed by atoms with Crippen LogP contribution in [0.2, 0.25) is 0 Å². The summed E-state index contributed by atoms with van der Waals surface area (Å²) in [7, 11) is 0. The van der Waals surface area contributed by atoms with E-state index in [0.29, 0.717) is 0 Å². The van der Waals surface area contributed by atoms with Crippen molar-refractivity contribution in [1.82, 2.24) is 13.7 Å². The topological polar surface area (TPSA) is 27.8 Å². The minimum atomic E-state index is -3.61. The first-order valence-electron chi connectivity index (χ1n) is 33.7. The second-order valence-corrected chi connectivity index (χ2v) is 33.3.